The Morgan fingerprint density at radius 1 is 1.29 bits per heavy atom. The number of furan rings is 1. The molecule has 1 aromatic carbocycles. The van der Waals surface area contributed by atoms with Crippen LogP contribution < -0.4 is 5.73 Å². The molecule has 1 aromatic heterocycles. The molecule has 1 amide bonds. The molecule has 1 aliphatic rings. The molecule has 2 heterocycles. The van der Waals surface area contributed by atoms with E-state index in [1.807, 2.05) is 19.1 Å². The van der Waals surface area contributed by atoms with E-state index in [0.717, 1.165) is 43.0 Å². The number of aryl methyl sites for hydroxylation is 1. The van der Waals surface area contributed by atoms with Crippen LogP contribution in [0, 0.1) is 6.92 Å². The molecular formula is C17H20N2O2. The van der Waals surface area contributed by atoms with Crippen molar-refractivity contribution in [2.45, 2.75) is 32.4 Å². The van der Waals surface area contributed by atoms with Crippen LogP contribution in [-0.2, 0) is 11.3 Å². The van der Waals surface area contributed by atoms with E-state index in [4.69, 9.17) is 10.2 Å². The SMILES string of the molecule is Cc1ccc(-c2ccc(CN3CCC[C@H]3C(N)=O)cc2)o1. The van der Waals surface area contributed by atoms with Crippen LogP contribution in [0.1, 0.15) is 24.2 Å². The number of likely N-dealkylation sites (tertiary alicyclic amines) is 1. The molecule has 21 heavy (non-hydrogen) atoms. The van der Waals surface area contributed by atoms with E-state index >= 15 is 0 Å². The fourth-order valence-corrected chi connectivity index (χ4v) is 2.94. The number of amides is 1. The lowest BCUT2D eigenvalue weighted by atomic mass is 10.1. The second-order valence-electron chi connectivity index (χ2n) is 5.64. The first kappa shape index (κ1) is 13.9. The number of hydrogen-bond donors (Lipinski definition) is 1. The Kier molecular flexibility index (Phi) is 3.80. The summed E-state index contributed by atoms with van der Waals surface area (Å²) in [7, 11) is 0. The number of carbonyl (C=O) groups is 1. The number of carbonyl (C=O) groups excluding carboxylic acids is 1. The van der Waals surface area contributed by atoms with Crippen LogP contribution >= 0.6 is 0 Å². The van der Waals surface area contributed by atoms with Crippen molar-refractivity contribution in [3.63, 3.8) is 0 Å². The van der Waals surface area contributed by atoms with Crippen LogP contribution in [0.3, 0.4) is 0 Å². The number of nitrogens with zero attached hydrogens (tertiary/aromatic N) is 1. The Morgan fingerprint density at radius 2 is 2.05 bits per heavy atom. The molecule has 110 valence electrons. The van der Waals surface area contributed by atoms with Gasteiger partial charge in [-0.3, -0.25) is 9.69 Å². The third-order valence-electron chi connectivity index (χ3n) is 4.06. The smallest absolute Gasteiger partial charge is 0.234 e. The standard InChI is InChI=1S/C17H20N2O2/c1-12-4-9-16(21-12)14-7-5-13(6-8-14)11-19-10-2-3-15(19)17(18)20/h4-9,15H,2-3,10-11H2,1H3,(H2,18,20)/t15-/m0/s1. The van der Waals surface area contributed by atoms with Gasteiger partial charge < -0.3 is 10.2 Å². The zero-order chi connectivity index (χ0) is 14.8. The fourth-order valence-electron chi connectivity index (χ4n) is 2.94. The molecule has 0 bridgehead atoms. The van der Waals surface area contributed by atoms with Crippen molar-refractivity contribution in [3.8, 4) is 11.3 Å². The molecule has 1 aliphatic heterocycles. The molecule has 0 saturated carbocycles. The highest BCUT2D eigenvalue weighted by molar-refractivity contribution is 5.80. The maximum atomic E-state index is 11.4. The highest BCUT2D eigenvalue weighted by atomic mass is 16.3. The van der Waals surface area contributed by atoms with Gasteiger partial charge in [0.05, 0.1) is 6.04 Å². The van der Waals surface area contributed by atoms with Crippen molar-refractivity contribution in [1.82, 2.24) is 4.90 Å². The zero-order valence-corrected chi connectivity index (χ0v) is 12.2. The number of benzene rings is 1. The first-order chi connectivity index (χ1) is 10.1. The van der Waals surface area contributed by atoms with Crippen molar-refractivity contribution in [3.05, 3.63) is 47.7 Å². The quantitative estimate of drug-likeness (QED) is 0.939. The first-order valence-corrected chi connectivity index (χ1v) is 7.32. The predicted molar refractivity (Wildman–Crippen MR) is 81.5 cm³/mol. The molecule has 4 nitrogen and oxygen atoms in total. The molecule has 4 heteroatoms. The second kappa shape index (κ2) is 5.74. The van der Waals surface area contributed by atoms with E-state index in [1.165, 1.54) is 5.56 Å². The number of rotatable bonds is 4. The zero-order valence-electron chi connectivity index (χ0n) is 12.2. The van der Waals surface area contributed by atoms with Crippen molar-refractivity contribution in [1.29, 1.82) is 0 Å². The maximum Gasteiger partial charge on any atom is 0.234 e. The second-order valence-corrected chi connectivity index (χ2v) is 5.64. The molecule has 0 spiro atoms. The van der Waals surface area contributed by atoms with E-state index in [1.54, 1.807) is 0 Å². The van der Waals surface area contributed by atoms with Crippen LogP contribution in [0.25, 0.3) is 11.3 Å². The average Bonchev–Trinajstić information content (AvgIpc) is 3.09. The summed E-state index contributed by atoms with van der Waals surface area (Å²) in [5.74, 6) is 1.58. The molecule has 1 atom stereocenters. The van der Waals surface area contributed by atoms with E-state index < -0.39 is 0 Å². The van der Waals surface area contributed by atoms with Crippen molar-refractivity contribution < 1.29 is 9.21 Å². The summed E-state index contributed by atoms with van der Waals surface area (Å²) in [6.07, 6.45) is 1.91. The summed E-state index contributed by atoms with van der Waals surface area (Å²) >= 11 is 0. The van der Waals surface area contributed by atoms with Crippen molar-refractivity contribution in [2.75, 3.05) is 6.54 Å². The molecule has 1 saturated heterocycles. The normalized spacial score (nSPS) is 19.0. The molecule has 1 fully saturated rings. The third-order valence-corrected chi connectivity index (χ3v) is 4.06. The van der Waals surface area contributed by atoms with Gasteiger partial charge in [0.2, 0.25) is 5.91 Å². The Bertz CT molecular complexity index is 630. The minimum atomic E-state index is -0.213. The number of primary amides is 1. The number of hydrogen-bond acceptors (Lipinski definition) is 3. The topological polar surface area (TPSA) is 59.5 Å². The summed E-state index contributed by atoms with van der Waals surface area (Å²) in [5, 5.41) is 0. The summed E-state index contributed by atoms with van der Waals surface area (Å²) in [5.41, 5.74) is 7.71. The average molecular weight is 284 g/mol. The summed E-state index contributed by atoms with van der Waals surface area (Å²) < 4.78 is 5.62. The van der Waals surface area contributed by atoms with Crippen molar-refractivity contribution in [2.24, 2.45) is 5.73 Å². The lowest BCUT2D eigenvalue weighted by Crippen LogP contribution is -2.39. The van der Waals surface area contributed by atoms with Crippen LogP contribution in [0.15, 0.2) is 40.8 Å². The van der Waals surface area contributed by atoms with Gasteiger partial charge in [0.1, 0.15) is 11.5 Å². The summed E-state index contributed by atoms with van der Waals surface area (Å²) in [6.45, 7) is 3.65. The lowest BCUT2D eigenvalue weighted by molar-refractivity contribution is -0.122. The van der Waals surface area contributed by atoms with Gasteiger partial charge in [-0.25, -0.2) is 0 Å². The van der Waals surface area contributed by atoms with Gasteiger partial charge in [-0.15, -0.1) is 0 Å². The van der Waals surface area contributed by atoms with E-state index in [0.29, 0.717) is 0 Å². The van der Waals surface area contributed by atoms with E-state index in [-0.39, 0.29) is 11.9 Å². The van der Waals surface area contributed by atoms with Crippen LogP contribution in [-0.4, -0.2) is 23.4 Å². The number of nitrogens with two attached hydrogens (primary N) is 1. The van der Waals surface area contributed by atoms with Gasteiger partial charge >= 0.3 is 0 Å². The van der Waals surface area contributed by atoms with Crippen LogP contribution in [0.2, 0.25) is 0 Å². The minimum Gasteiger partial charge on any atom is -0.461 e. The molecule has 3 rings (SSSR count). The maximum absolute atomic E-state index is 11.4. The van der Waals surface area contributed by atoms with Gasteiger partial charge in [-0.1, -0.05) is 24.3 Å². The lowest BCUT2D eigenvalue weighted by Gasteiger charge is -2.21. The minimum absolute atomic E-state index is 0.114. The highest BCUT2D eigenvalue weighted by Gasteiger charge is 2.28. The summed E-state index contributed by atoms with van der Waals surface area (Å²) in [4.78, 5) is 13.6. The highest BCUT2D eigenvalue weighted by Crippen LogP contribution is 2.24. The van der Waals surface area contributed by atoms with Crippen LogP contribution in [0.5, 0.6) is 0 Å². The van der Waals surface area contributed by atoms with Gasteiger partial charge in [-0.2, -0.15) is 0 Å². The predicted octanol–water partition coefficient (Wildman–Crippen LogP) is 2.70. The fraction of sp³-hybridized carbons (Fsp3) is 0.353. The van der Waals surface area contributed by atoms with Gasteiger partial charge in [0.15, 0.2) is 0 Å². The molecule has 2 aromatic rings. The Balaban J connectivity index is 1.71. The first-order valence-electron chi connectivity index (χ1n) is 7.32. The van der Waals surface area contributed by atoms with E-state index in [2.05, 4.69) is 29.2 Å². The Morgan fingerprint density at radius 3 is 2.67 bits per heavy atom. The Hall–Kier alpha value is -2.07. The summed E-state index contributed by atoms with van der Waals surface area (Å²) in [6, 6.07) is 12.1. The van der Waals surface area contributed by atoms with Gasteiger partial charge in [0, 0.05) is 12.1 Å². The molecule has 0 unspecified atom stereocenters. The van der Waals surface area contributed by atoms with E-state index in [9.17, 15) is 4.79 Å². The molecule has 2 N–H and O–H groups in total. The van der Waals surface area contributed by atoms with Crippen molar-refractivity contribution >= 4 is 5.91 Å². The largest absolute Gasteiger partial charge is 0.461 e. The van der Waals surface area contributed by atoms with Crippen LogP contribution in [0.4, 0.5) is 0 Å². The van der Waals surface area contributed by atoms with Gasteiger partial charge in [0.25, 0.3) is 0 Å². The van der Waals surface area contributed by atoms with Gasteiger partial charge in [-0.05, 0) is 44.0 Å². The molecular weight excluding hydrogens is 264 g/mol. The molecule has 0 radical (unpaired) electrons. The molecule has 0 aliphatic carbocycles. The third kappa shape index (κ3) is 3.00. The monoisotopic (exact) mass is 284 g/mol. The Labute approximate surface area is 124 Å².